The molecule has 5 aliphatic carbocycles. The number of fused-ring (bicyclic) bond motifs is 12. The summed E-state index contributed by atoms with van der Waals surface area (Å²) in [5, 5.41) is 0. The van der Waals surface area contributed by atoms with Crippen molar-refractivity contribution in [2.24, 2.45) is 11.8 Å². The summed E-state index contributed by atoms with van der Waals surface area (Å²) in [6, 6.07) is 57.6. The van der Waals surface area contributed by atoms with Crippen LogP contribution in [-0.2, 0) is 16.2 Å². The molecule has 0 N–H and O–H groups in total. The molecule has 2 unspecified atom stereocenters. The summed E-state index contributed by atoms with van der Waals surface area (Å²) in [6.45, 7) is 7.11. The number of para-hydroxylation sites is 1. The van der Waals surface area contributed by atoms with Crippen LogP contribution in [0, 0.1) is 11.8 Å². The number of aromatic nitrogens is 3. The molecule has 7 aromatic carbocycles. The van der Waals surface area contributed by atoms with E-state index >= 15 is 0 Å². The van der Waals surface area contributed by atoms with E-state index in [1.165, 1.54) is 62.9 Å². The van der Waals surface area contributed by atoms with Gasteiger partial charge in [-0.15, -0.1) is 0 Å². The van der Waals surface area contributed by atoms with E-state index in [2.05, 4.69) is 178 Å². The van der Waals surface area contributed by atoms with Crippen molar-refractivity contribution in [3.8, 4) is 67.7 Å². The van der Waals surface area contributed by atoms with Crippen LogP contribution >= 0.6 is 0 Å². The van der Waals surface area contributed by atoms with Gasteiger partial charge in [-0.2, -0.15) is 0 Å². The summed E-state index contributed by atoms with van der Waals surface area (Å²) in [5.74, 6) is 5.47. The molecule has 0 saturated heterocycles. The molecular formula is C59H45N3O. The standard InChI is InChI=1S/C59H45N3O/c1-57(2)45-19-9-6-15-40(45)43-26-24-35(30-50(43)57)54-60-55(62-56(61-54)58(3)32-37-28-36-29-38(33-58)53(36)37)44-18-5-4-14-39(44)34-25-27-49-52(31-34)63-51-23-13-12-22-48(51)59(49)46-20-10-7-16-41(46)42-17-8-11-21-47(42)59/h4-27,30-31,37-38H,28-29,32-33H2,1-3H3. The molecule has 1 spiro atoms. The monoisotopic (exact) mass is 811 g/mol. The minimum atomic E-state index is -0.509. The fraction of sp³-hybridized carbons (Fsp3) is 0.203. The summed E-state index contributed by atoms with van der Waals surface area (Å²) < 4.78 is 6.96. The molecule has 0 amide bonds. The third-order valence-electron chi connectivity index (χ3n) is 16.0. The molecule has 1 aliphatic heterocycles. The van der Waals surface area contributed by atoms with Gasteiger partial charge in [0.05, 0.1) is 5.41 Å². The normalized spacial score (nSPS) is 21.7. The van der Waals surface area contributed by atoms with E-state index in [-0.39, 0.29) is 10.8 Å². The first kappa shape index (κ1) is 35.7. The minimum absolute atomic E-state index is 0.131. The molecule has 0 radical (unpaired) electrons. The van der Waals surface area contributed by atoms with Gasteiger partial charge in [-0.05, 0) is 111 Å². The Bertz CT molecular complexity index is 3290. The summed E-state index contributed by atoms with van der Waals surface area (Å²) in [5.41, 5.74) is 19.6. The molecule has 2 atom stereocenters. The van der Waals surface area contributed by atoms with Crippen LogP contribution in [0.4, 0.5) is 0 Å². The lowest BCUT2D eigenvalue weighted by Crippen LogP contribution is -2.47. The molecule has 0 bridgehead atoms. The number of allylic oxidation sites excluding steroid dienone is 2. The average molecular weight is 812 g/mol. The van der Waals surface area contributed by atoms with Crippen LogP contribution in [0.3, 0.4) is 0 Å². The van der Waals surface area contributed by atoms with Crippen LogP contribution in [0.5, 0.6) is 11.5 Å². The Hall–Kier alpha value is -6.91. The van der Waals surface area contributed by atoms with Crippen LogP contribution in [0.1, 0.15) is 85.7 Å². The number of rotatable bonds is 4. The van der Waals surface area contributed by atoms with E-state index in [4.69, 9.17) is 19.7 Å². The van der Waals surface area contributed by atoms with Crippen molar-refractivity contribution in [1.29, 1.82) is 0 Å². The Balaban J connectivity index is 0.939. The zero-order valence-electron chi connectivity index (χ0n) is 35.7. The maximum atomic E-state index is 6.96. The van der Waals surface area contributed by atoms with Gasteiger partial charge < -0.3 is 4.74 Å². The molecule has 1 saturated carbocycles. The van der Waals surface area contributed by atoms with Crippen LogP contribution in [0.2, 0.25) is 0 Å². The quantitative estimate of drug-likeness (QED) is 0.166. The van der Waals surface area contributed by atoms with Gasteiger partial charge >= 0.3 is 0 Å². The highest BCUT2D eigenvalue weighted by Gasteiger charge is 2.54. The third-order valence-corrected chi connectivity index (χ3v) is 16.0. The van der Waals surface area contributed by atoms with E-state index in [0.29, 0.717) is 11.8 Å². The Labute approximate surface area is 368 Å². The highest BCUT2D eigenvalue weighted by molar-refractivity contribution is 5.90. The summed E-state index contributed by atoms with van der Waals surface area (Å²) in [7, 11) is 0. The third kappa shape index (κ3) is 4.68. The number of nitrogens with zero attached hydrogens (tertiary/aromatic N) is 3. The van der Waals surface area contributed by atoms with Gasteiger partial charge in [0, 0.05) is 33.1 Å². The maximum absolute atomic E-state index is 6.96. The molecule has 4 heteroatoms. The predicted molar refractivity (Wildman–Crippen MR) is 251 cm³/mol. The van der Waals surface area contributed by atoms with Crippen LogP contribution in [-0.4, -0.2) is 15.0 Å². The largest absolute Gasteiger partial charge is 0.457 e. The first-order chi connectivity index (χ1) is 30.8. The van der Waals surface area contributed by atoms with Crippen molar-refractivity contribution in [2.75, 3.05) is 0 Å². The summed E-state index contributed by atoms with van der Waals surface area (Å²) >= 11 is 0. The number of benzene rings is 7. The van der Waals surface area contributed by atoms with Gasteiger partial charge in [0.1, 0.15) is 17.3 Å². The Morgan fingerprint density at radius 3 is 1.68 bits per heavy atom. The predicted octanol–water partition coefficient (Wildman–Crippen LogP) is 14.0. The second-order valence-corrected chi connectivity index (χ2v) is 19.8. The van der Waals surface area contributed by atoms with Gasteiger partial charge in [0.25, 0.3) is 0 Å². The Morgan fingerprint density at radius 2 is 0.984 bits per heavy atom. The second kappa shape index (κ2) is 12.4. The van der Waals surface area contributed by atoms with Crippen molar-refractivity contribution in [3.63, 3.8) is 0 Å². The highest BCUT2D eigenvalue weighted by Crippen LogP contribution is 2.64. The van der Waals surface area contributed by atoms with Crippen LogP contribution in [0.15, 0.2) is 169 Å². The first-order valence-corrected chi connectivity index (χ1v) is 22.7. The number of hydrogen-bond donors (Lipinski definition) is 0. The average Bonchev–Trinajstić information content (AvgIpc) is 3.72. The van der Waals surface area contributed by atoms with E-state index in [1.54, 1.807) is 11.1 Å². The summed E-state index contributed by atoms with van der Waals surface area (Å²) in [4.78, 5) is 16.5. The molecule has 302 valence electrons. The topological polar surface area (TPSA) is 47.9 Å². The molecule has 63 heavy (non-hydrogen) atoms. The SMILES string of the molecule is CC1(c2nc(-c3ccc4c(c3)C(C)(C)c3ccccc3-4)nc(-c3ccccc3-c3ccc4c(c3)Oc3ccccc3C43c4ccccc4-c4ccccc43)n2)CC2CC3=C2C(C3)C1. The zero-order chi connectivity index (χ0) is 41.8. The van der Waals surface area contributed by atoms with Crippen molar-refractivity contribution in [2.45, 2.75) is 62.7 Å². The van der Waals surface area contributed by atoms with Crippen molar-refractivity contribution >= 4 is 0 Å². The van der Waals surface area contributed by atoms with Crippen LogP contribution < -0.4 is 4.74 Å². The fourth-order valence-electron chi connectivity index (χ4n) is 13.2. The zero-order valence-corrected chi connectivity index (χ0v) is 35.7. The van der Waals surface area contributed by atoms with E-state index in [1.807, 2.05) is 0 Å². The lowest BCUT2D eigenvalue weighted by atomic mass is 9.48. The lowest BCUT2D eigenvalue weighted by molar-refractivity contribution is 0.160. The van der Waals surface area contributed by atoms with E-state index in [9.17, 15) is 0 Å². The van der Waals surface area contributed by atoms with Crippen LogP contribution in [0.25, 0.3) is 56.2 Å². The molecule has 1 aromatic heterocycles. The van der Waals surface area contributed by atoms with Crippen molar-refractivity contribution in [3.05, 3.63) is 208 Å². The van der Waals surface area contributed by atoms with E-state index in [0.717, 1.165) is 69.6 Å². The fourth-order valence-corrected chi connectivity index (χ4v) is 13.2. The molecule has 2 heterocycles. The van der Waals surface area contributed by atoms with Gasteiger partial charge in [-0.25, -0.2) is 15.0 Å². The van der Waals surface area contributed by atoms with E-state index < -0.39 is 5.41 Å². The minimum Gasteiger partial charge on any atom is -0.457 e. The molecule has 1 fully saturated rings. The van der Waals surface area contributed by atoms with Gasteiger partial charge in [-0.1, -0.05) is 171 Å². The maximum Gasteiger partial charge on any atom is 0.164 e. The van der Waals surface area contributed by atoms with Gasteiger partial charge in [0.15, 0.2) is 11.6 Å². The molecule has 4 nitrogen and oxygen atoms in total. The number of ether oxygens (including phenoxy) is 1. The molecular weight excluding hydrogens is 767 g/mol. The molecule has 6 aliphatic rings. The van der Waals surface area contributed by atoms with Crippen molar-refractivity contribution < 1.29 is 4.74 Å². The molecule has 14 rings (SSSR count). The lowest BCUT2D eigenvalue weighted by Gasteiger charge is -2.56. The smallest absolute Gasteiger partial charge is 0.164 e. The van der Waals surface area contributed by atoms with Gasteiger partial charge in [0.2, 0.25) is 0 Å². The van der Waals surface area contributed by atoms with Gasteiger partial charge in [-0.3, -0.25) is 0 Å². The Morgan fingerprint density at radius 1 is 0.444 bits per heavy atom. The highest BCUT2D eigenvalue weighted by atomic mass is 16.5. The second-order valence-electron chi connectivity index (χ2n) is 19.8. The number of hydrogen-bond acceptors (Lipinski definition) is 4. The summed E-state index contributed by atoms with van der Waals surface area (Å²) in [6.07, 6.45) is 4.69. The molecule has 8 aromatic rings. The first-order valence-electron chi connectivity index (χ1n) is 22.7. The Kier molecular flexibility index (Phi) is 7.01. The van der Waals surface area contributed by atoms with Crippen molar-refractivity contribution in [1.82, 2.24) is 15.0 Å².